The summed E-state index contributed by atoms with van der Waals surface area (Å²) in [6.45, 7) is 3.60. The first-order chi connectivity index (χ1) is 11.4. The Labute approximate surface area is 155 Å². The van der Waals surface area contributed by atoms with Crippen LogP contribution in [-0.2, 0) is 14.8 Å². The van der Waals surface area contributed by atoms with Gasteiger partial charge in [-0.25, -0.2) is 8.42 Å². The number of hydrogen-bond donors (Lipinski definition) is 1. The van der Waals surface area contributed by atoms with Crippen LogP contribution in [0.3, 0.4) is 0 Å². The third kappa shape index (κ3) is 3.84. The molecule has 2 aliphatic heterocycles. The molecule has 2 saturated heterocycles. The van der Waals surface area contributed by atoms with E-state index in [9.17, 15) is 13.2 Å². The zero-order valence-corrected chi connectivity index (χ0v) is 16.0. The monoisotopic (exact) mass is 387 g/mol. The molecule has 2 N–H and O–H groups in total. The summed E-state index contributed by atoms with van der Waals surface area (Å²) < 4.78 is 27.2. The second kappa shape index (κ2) is 8.03. The molecule has 25 heavy (non-hydrogen) atoms. The molecule has 8 heteroatoms. The van der Waals surface area contributed by atoms with Gasteiger partial charge in [-0.2, -0.15) is 4.31 Å². The van der Waals surface area contributed by atoms with Gasteiger partial charge in [0.25, 0.3) is 0 Å². The van der Waals surface area contributed by atoms with E-state index in [1.165, 1.54) is 4.31 Å². The summed E-state index contributed by atoms with van der Waals surface area (Å²) in [5.74, 6) is 0.236. The largest absolute Gasteiger partial charge is 0.338 e. The van der Waals surface area contributed by atoms with E-state index in [0.29, 0.717) is 38.4 Å². The molecule has 1 aromatic rings. The van der Waals surface area contributed by atoms with E-state index in [4.69, 9.17) is 5.73 Å². The fraction of sp³-hybridized carbons (Fsp3) is 0.588. The van der Waals surface area contributed by atoms with E-state index in [1.54, 1.807) is 30.3 Å². The van der Waals surface area contributed by atoms with Crippen molar-refractivity contribution in [2.24, 2.45) is 11.7 Å². The Morgan fingerprint density at radius 3 is 2.56 bits per heavy atom. The highest BCUT2D eigenvalue weighted by Crippen LogP contribution is 2.30. The summed E-state index contributed by atoms with van der Waals surface area (Å²) in [6.07, 6.45) is 2.19. The van der Waals surface area contributed by atoms with Crippen molar-refractivity contribution in [1.82, 2.24) is 9.21 Å². The first-order valence-electron chi connectivity index (χ1n) is 8.52. The van der Waals surface area contributed by atoms with Crippen LogP contribution >= 0.6 is 12.4 Å². The number of halogens is 1. The molecule has 2 heterocycles. The highest BCUT2D eigenvalue weighted by molar-refractivity contribution is 7.89. The molecule has 140 valence electrons. The second-order valence-corrected chi connectivity index (χ2v) is 8.65. The Bertz CT molecular complexity index is 698. The Morgan fingerprint density at radius 1 is 1.28 bits per heavy atom. The van der Waals surface area contributed by atoms with E-state index < -0.39 is 16.1 Å². The lowest BCUT2D eigenvalue weighted by Gasteiger charge is -2.29. The van der Waals surface area contributed by atoms with Gasteiger partial charge in [0, 0.05) is 19.1 Å². The minimum Gasteiger partial charge on any atom is -0.338 e. The Balaban J connectivity index is 0.00000225. The average molecular weight is 388 g/mol. The fourth-order valence-corrected chi connectivity index (χ4v) is 5.49. The van der Waals surface area contributed by atoms with Gasteiger partial charge >= 0.3 is 0 Å². The summed E-state index contributed by atoms with van der Waals surface area (Å²) in [5, 5.41) is 0. The van der Waals surface area contributed by atoms with Crippen molar-refractivity contribution in [2.45, 2.75) is 43.2 Å². The molecule has 0 radical (unpaired) electrons. The number of carbonyl (C=O) groups is 1. The van der Waals surface area contributed by atoms with Crippen LogP contribution in [0.15, 0.2) is 35.2 Å². The number of benzene rings is 1. The van der Waals surface area contributed by atoms with Gasteiger partial charge in [-0.05, 0) is 50.8 Å². The molecule has 3 unspecified atom stereocenters. The van der Waals surface area contributed by atoms with Gasteiger partial charge in [-0.1, -0.05) is 18.2 Å². The lowest BCUT2D eigenvalue weighted by atomic mass is 10.1. The quantitative estimate of drug-likeness (QED) is 0.847. The van der Waals surface area contributed by atoms with Crippen LogP contribution in [-0.4, -0.2) is 55.2 Å². The van der Waals surface area contributed by atoms with Crippen LogP contribution in [0.1, 0.15) is 26.2 Å². The number of hydrogen-bond acceptors (Lipinski definition) is 4. The van der Waals surface area contributed by atoms with E-state index in [2.05, 4.69) is 0 Å². The van der Waals surface area contributed by atoms with Crippen molar-refractivity contribution in [3.63, 3.8) is 0 Å². The minimum absolute atomic E-state index is 0. The lowest BCUT2D eigenvalue weighted by molar-refractivity contribution is -0.135. The number of carbonyl (C=O) groups excluding carboxylic acids is 1. The first kappa shape index (κ1) is 20.2. The van der Waals surface area contributed by atoms with E-state index in [0.717, 1.165) is 6.42 Å². The predicted octanol–water partition coefficient (Wildman–Crippen LogP) is 1.46. The zero-order chi connectivity index (χ0) is 17.3. The van der Waals surface area contributed by atoms with Gasteiger partial charge in [0.2, 0.25) is 15.9 Å². The number of nitrogens with two attached hydrogens (primary N) is 1. The van der Waals surface area contributed by atoms with Crippen LogP contribution in [0.2, 0.25) is 0 Å². The summed E-state index contributed by atoms with van der Waals surface area (Å²) in [6, 6.07) is 7.88. The summed E-state index contributed by atoms with van der Waals surface area (Å²) in [7, 11) is -3.64. The van der Waals surface area contributed by atoms with Gasteiger partial charge in [0.05, 0.1) is 4.90 Å². The number of sulfonamides is 1. The summed E-state index contributed by atoms with van der Waals surface area (Å²) >= 11 is 0. The van der Waals surface area contributed by atoms with Gasteiger partial charge in [0.1, 0.15) is 6.04 Å². The van der Waals surface area contributed by atoms with Gasteiger partial charge in [0.15, 0.2) is 0 Å². The molecule has 6 nitrogen and oxygen atoms in total. The predicted molar refractivity (Wildman–Crippen MR) is 98.9 cm³/mol. The molecule has 0 aliphatic carbocycles. The molecule has 2 aliphatic rings. The molecule has 0 aromatic heterocycles. The molecular formula is C17H26ClN3O3S. The standard InChI is InChI=1S/C17H25N3O3S.ClH/c1-13-10-14(11-18)12-19(13)17(21)16-8-5-9-20(16)24(22,23)15-6-3-2-4-7-15;/h2-4,6-7,13-14,16H,5,8-12,18H2,1H3;1H. The molecule has 2 fully saturated rings. The molecule has 0 bridgehead atoms. The van der Waals surface area contributed by atoms with Crippen molar-refractivity contribution < 1.29 is 13.2 Å². The number of nitrogens with zero attached hydrogens (tertiary/aromatic N) is 2. The number of amides is 1. The zero-order valence-electron chi connectivity index (χ0n) is 14.4. The van der Waals surface area contributed by atoms with Crippen LogP contribution in [0.4, 0.5) is 0 Å². The number of rotatable bonds is 4. The normalized spacial score (nSPS) is 27.3. The second-order valence-electron chi connectivity index (χ2n) is 6.76. The number of likely N-dealkylation sites (tertiary alicyclic amines) is 1. The highest BCUT2D eigenvalue weighted by atomic mass is 35.5. The van der Waals surface area contributed by atoms with Gasteiger partial charge in [-0.3, -0.25) is 4.79 Å². The highest BCUT2D eigenvalue weighted by Gasteiger charge is 2.43. The molecule has 1 amide bonds. The van der Waals surface area contributed by atoms with Crippen LogP contribution in [0.25, 0.3) is 0 Å². The Kier molecular flexibility index (Phi) is 6.48. The first-order valence-corrected chi connectivity index (χ1v) is 9.96. The molecule has 1 aromatic carbocycles. The van der Waals surface area contributed by atoms with E-state index >= 15 is 0 Å². The topological polar surface area (TPSA) is 83.7 Å². The summed E-state index contributed by atoms with van der Waals surface area (Å²) in [4.78, 5) is 15.1. The van der Waals surface area contributed by atoms with Crippen LogP contribution in [0.5, 0.6) is 0 Å². The van der Waals surface area contributed by atoms with E-state index in [-0.39, 0.29) is 29.3 Å². The molecule has 0 spiro atoms. The smallest absolute Gasteiger partial charge is 0.243 e. The van der Waals surface area contributed by atoms with Crippen molar-refractivity contribution in [2.75, 3.05) is 19.6 Å². The Hall–Kier alpha value is -1.15. The SMILES string of the molecule is CC1CC(CN)CN1C(=O)C1CCCN1S(=O)(=O)c1ccccc1.Cl. The fourth-order valence-electron chi connectivity index (χ4n) is 3.81. The van der Waals surface area contributed by atoms with Crippen molar-refractivity contribution in [3.8, 4) is 0 Å². The van der Waals surface area contributed by atoms with Crippen molar-refractivity contribution in [3.05, 3.63) is 30.3 Å². The molecule has 3 rings (SSSR count). The van der Waals surface area contributed by atoms with Crippen molar-refractivity contribution in [1.29, 1.82) is 0 Å². The van der Waals surface area contributed by atoms with Gasteiger partial charge in [-0.15, -0.1) is 12.4 Å². The molecular weight excluding hydrogens is 362 g/mol. The maximum Gasteiger partial charge on any atom is 0.243 e. The van der Waals surface area contributed by atoms with Gasteiger partial charge < -0.3 is 10.6 Å². The molecule has 0 saturated carbocycles. The minimum atomic E-state index is -3.64. The molecule has 3 atom stereocenters. The lowest BCUT2D eigenvalue weighted by Crippen LogP contribution is -2.48. The van der Waals surface area contributed by atoms with E-state index in [1.807, 2.05) is 11.8 Å². The average Bonchev–Trinajstić information content (AvgIpc) is 3.22. The Morgan fingerprint density at radius 2 is 1.96 bits per heavy atom. The third-order valence-corrected chi connectivity index (χ3v) is 7.04. The third-order valence-electron chi connectivity index (χ3n) is 5.12. The van der Waals surface area contributed by atoms with Crippen LogP contribution < -0.4 is 5.73 Å². The maximum absolute atomic E-state index is 13.0. The summed E-state index contributed by atoms with van der Waals surface area (Å²) in [5.41, 5.74) is 5.74. The van der Waals surface area contributed by atoms with Crippen LogP contribution in [0, 0.1) is 5.92 Å². The maximum atomic E-state index is 13.0. The van der Waals surface area contributed by atoms with Crippen molar-refractivity contribution >= 4 is 28.3 Å².